The molecule has 2 N–H and O–H groups in total. The first-order valence-corrected chi connectivity index (χ1v) is 7.12. The van der Waals surface area contributed by atoms with E-state index in [1.54, 1.807) is 16.9 Å². The molecule has 0 aliphatic rings. The van der Waals surface area contributed by atoms with Crippen molar-refractivity contribution in [3.63, 3.8) is 0 Å². The molecule has 1 atom stereocenters. The quantitative estimate of drug-likeness (QED) is 0.918. The van der Waals surface area contributed by atoms with E-state index in [1.807, 2.05) is 13.8 Å². The number of hydrogen-bond donors (Lipinski definition) is 1. The van der Waals surface area contributed by atoms with Gasteiger partial charge in [-0.15, -0.1) is 0 Å². The van der Waals surface area contributed by atoms with Crippen molar-refractivity contribution in [1.29, 1.82) is 0 Å². The zero-order chi connectivity index (χ0) is 14.9. The minimum atomic E-state index is -0.855. The number of rotatable bonds is 4. The van der Waals surface area contributed by atoms with Crippen molar-refractivity contribution < 1.29 is 8.78 Å². The lowest BCUT2D eigenvalue weighted by Crippen LogP contribution is -2.20. The van der Waals surface area contributed by atoms with Crippen LogP contribution in [0.3, 0.4) is 0 Å². The lowest BCUT2D eigenvalue weighted by atomic mass is 10.0. The summed E-state index contributed by atoms with van der Waals surface area (Å²) in [5, 5.41) is 4.24. The maximum Gasteiger partial charge on any atom is 0.162 e. The normalized spacial score (nSPS) is 12.9. The van der Waals surface area contributed by atoms with Crippen molar-refractivity contribution >= 4 is 15.9 Å². The molecule has 0 aliphatic carbocycles. The standard InChI is InChI=1S/C14H16BrF2N3/c1-8(2)20-14(10(15)7-19-20)12(18)6-9-4-3-5-11(16)13(9)17/h3-5,7-8,12H,6,18H2,1-2H3. The van der Waals surface area contributed by atoms with Crippen molar-refractivity contribution in [3.8, 4) is 0 Å². The first-order valence-electron chi connectivity index (χ1n) is 6.33. The van der Waals surface area contributed by atoms with Gasteiger partial charge in [-0.2, -0.15) is 5.10 Å². The molecule has 0 fully saturated rings. The molecular formula is C14H16BrF2N3. The first-order chi connectivity index (χ1) is 9.41. The van der Waals surface area contributed by atoms with Crippen LogP contribution in [0.2, 0.25) is 0 Å². The van der Waals surface area contributed by atoms with Crippen LogP contribution in [0.25, 0.3) is 0 Å². The summed E-state index contributed by atoms with van der Waals surface area (Å²) in [7, 11) is 0. The Kier molecular flexibility index (Phi) is 4.55. The van der Waals surface area contributed by atoms with E-state index in [0.717, 1.165) is 16.2 Å². The fourth-order valence-electron chi connectivity index (χ4n) is 2.15. The van der Waals surface area contributed by atoms with Crippen LogP contribution in [0.4, 0.5) is 8.78 Å². The third-order valence-corrected chi connectivity index (χ3v) is 3.71. The Morgan fingerprint density at radius 1 is 1.35 bits per heavy atom. The fourth-order valence-corrected chi connectivity index (χ4v) is 2.72. The highest BCUT2D eigenvalue weighted by Gasteiger charge is 2.20. The van der Waals surface area contributed by atoms with Gasteiger partial charge in [-0.05, 0) is 47.8 Å². The number of benzene rings is 1. The molecule has 0 amide bonds. The minimum absolute atomic E-state index is 0.139. The SMILES string of the molecule is CC(C)n1ncc(Br)c1C(N)Cc1cccc(F)c1F. The van der Waals surface area contributed by atoms with Gasteiger partial charge >= 0.3 is 0 Å². The number of nitrogens with zero attached hydrogens (tertiary/aromatic N) is 2. The van der Waals surface area contributed by atoms with Gasteiger partial charge in [0, 0.05) is 6.04 Å². The summed E-state index contributed by atoms with van der Waals surface area (Å²) < 4.78 is 29.5. The molecular weight excluding hydrogens is 328 g/mol. The van der Waals surface area contributed by atoms with E-state index < -0.39 is 17.7 Å². The summed E-state index contributed by atoms with van der Waals surface area (Å²) in [6.07, 6.45) is 1.87. The molecule has 1 unspecified atom stereocenters. The summed E-state index contributed by atoms with van der Waals surface area (Å²) in [6, 6.07) is 3.79. The highest BCUT2D eigenvalue weighted by molar-refractivity contribution is 9.10. The average molecular weight is 344 g/mol. The molecule has 20 heavy (non-hydrogen) atoms. The van der Waals surface area contributed by atoms with E-state index in [2.05, 4.69) is 21.0 Å². The maximum absolute atomic E-state index is 13.7. The van der Waals surface area contributed by atoms with E-state index in [9.17, 15) is 8.78 Å². The Morgan fingerprint density at radius 3 is 2.70 bits per heavy atom. The van der Waals surface area contributed by atoms with Gasteiger partial charge in [-0.3, -0.25) is 4.68 Å². The van der Waals surface area contributed by atoms with Crippen LogP contribution in [-0.2, 0) is 6.42 Å². The van der Waals surface area contributed by atoms with E-state index in [-0.39, 0.29) is 18.0 Å². The number of nitrogens with two attached hydrogens (primary N) is 1. The Hall–Kier alpha value is -1.27. The molecule has 1 aromatic carbocycles. The van der Waals surface area contributed by atoms with Crippen molar-refractivity contribution in [2.75, 3.05) is 0 Å². The smallest absolute Gasteiger partial charge is 0.162 e. The largest absolute Gasteiger partial charge is 0.322 e. The van der Waals surface area contributed by atoms with Crippen LogP contribution in [0.15, 0.2) is 28.9 Å². The summed E-state index contributed by atoms with van der Waals surface area (Å²) >= 11 is 3.40. The Balaban J connectivity index is 2.31. The van der Waals surface area contributed by atoms with Crippen molar-refractivity contribution in [1.82, 2.24) is 9.78 Å². The Morgan fingerprint density at radius 2 is 2.05 bits per heavy atom. The molecule has 3 nitrogen and oxygen atoms in total. The first kappa shape index (κ1) is 15.1. The van der Waals surface area contributed by atoms with Crippen LogP contribution in [-0.4, -0.2) is 9.78 Å². The second-order valence-electron chi connectivity index (χ2n) is 4.94. The molecule has 1 heterocycles. The number of halogens is 3. The molecule has 6 heteroatoms. The van der Waals surface area contributed by atoms with Gasteiger partial charge in [0.25, 0.3) is 0 Å². The van der Waals surface area contributed by atoms with Gasteiger partial charge in [0.2, 0.25) is 0 Å². The second kappa shape index (κ2) is 6.01. The van der Waals surface area contributed by atoms with Gasteiger partial charge in [0.1, 0.15) is 0 Å². The fraction of sp³-hybridized carbons (Fsp3) is 0.357. The topological polar surface area (TPSA) is 43.8 Å². The summed E-state index contributed by atoms with van der Waals surface area (Å²) in [4.78, 5) is 0. The highest BCUT2D eigenvalue weighted by Crippen LogP contribution is 2.27. The van der Waals surface area contributed by atoms with Crippen molar-refractivity contribution in [2.24, 2.45) is 5.73 Å². The van der Waals surface area contributed by atoms with E-state index in [0.29, 0.717) is 0 Å². The maximum atomic E-state index is 13.7. The van der Waals surface area contributed by atoms with Crippen LogP contribution in [0.5, 0.6) is 0 Å². The third-order valence-electron chi connectivity index (χ3n) is 3.10. The molecule has 0 spiro atoms. The van der Waals surface area contributed by atoms with Gasteiger partial charge < -0.3 is 5.73 Å². The monoisotopic (exact) mass is 343 g/mol. The zero-order valence-corrected chi connectivity index (χ0v) is 12.9. The summed E-state index contributed by atoms with van der Waals surface area (Å²) in [5.74, 6) is -1.69. The number of aromatic nitrogens is 2. The zero-order valence-electron chi connectivity index (χ0n) is 11.3. The number of hydrogen-bond acceptors (Lipinski definition) is 2. The summed E-state index contributed by atoms with van der Waals surface area (Å²) in [5.41, 5.74) is 7.20. The van der Waals surface area contributed by atoms with Gasteiger partial charge in [-0.1, -0.05) is 12.1 Å². The molecule has 2 aromatic rings. The lowest BCUT2D eigenvalue weighted by molar-refractivity contribution is 0.471. The molecule has 2 rings (SSSR count). The molecule has 0 aliphatic heterocycles. The Labute approximate surface area is 124 Å². The van der Waals surface area contributed by atoms with Gasteiger partial charge in [0.15, 0.2) is 11.6 Å². The molecule has 0 saturated heterocycles. The van der Waals surface area contributed by atoms with Crippen LogP contribution in [0.1, 0.15) is 37.2 Å². The average Bonchev–Trinajstić information content (AvgIpc) is 2.77. The second-order valence-corrected chi connectivity index (χ2v) is 5.79. The molecule has 0 saturated carbocycles. The predicted octanol–water partition coefficient (Wildman–Crippen LogP) is 3.75. The summed E-state index contributed by atoms with van der Waals surface area (Å²) in [6.45, 7) is 3.97. The van der Waals surface area contributed by atoms with E-state index in [4.69, 9.17) is 5.73 Å². The molecule has 108 valence electrons. The van der Waals surface area contributed by atoms with Crippen molar-refractivity contribution in [3.05, 3.63) is 51.8 Å². The van der Waals surface area contributed by atoms with Crippen LogP contribution in [0, 0.1) is 11.6 Å². The van der Waals surface area contributed by atoms with E-state index >= 15 is 0 Å². The molecule has 0 radical (unpaired) electrons. The molecule has 1 aromatic heterocycles. The Bertz CT molecular complexity index is 610. The van der Waals surface area contributed by atoms with Crippen molar-refractivity contribution in [2.45, 2.75) is 32.4 Å². The minimum Gasteiger partial charge on any atom is -0.322 e. The molecule has 0 bridgehead atoms. The van der Waals surface area contributed by atoms with Gasteiger partial charge in [-0.25, -0.2) is 8.78 Å². The predicted molar refractivity (Wildman–Crippen MR) is 77.3 cm³/mol. The van der Waals surface area contributed by atoms with Crippen LogP contribution < -0.4 is 5.73 Å². The highest BCUT2D eigenvalue weighted by atomic mass is 79.9. The van der Waals surface area contributed by atoms with Crippen LogP contribution >= 0.6 is 15.9 Å². The lowest BCUT2D eigenvalue weighted by Gasteiger charge is -2.18. The van der Waals surface area contributed by atoms with E-state index in [1.165, 1.54) is 6.07 Å². The third kappa shape index (κ3) is 2.91. The van der Waals surface area contributed by atoms with Gasteiger partial charge in [0.05, 0.1) is 22.4 Å².